The first kappa shape index (κ1) is 17.7. The number of benzene rings is 1. The predicted molar refractivity (Wildman–Crippen MR) is 98.4 cm³/mol. The lowest BCUT2D eigenvalue weighted by molar-refractivity contribution is -0.119. The Morgan fingerprint density at radius 3 is 2.72 bits per heavy atom. The van der Waals surface area contributed by atoms with Gasteiger partial charge in [0.1, 0.15) is 11.4 Å². The molecule has 0 bridgehead atoms. The molecule has 0 spiro atoms. The van der Waals surface area contributed by atoms with Crippen LogP contribution in [0.15, 0.2) is 35.6 Å². The molecule has 3 rings (SSSR count). The molecule has 1 aromatic heterocycles. The molecule has 132 valence electrons. The molecular formula is C18H22N4O2S. The van der Waals surface area contributed by atoms with Crippen LogP contribution in [0, 0.1) is 0 Å². The van der Waals surface area contributed by atoms with E-state index in [2.05, 4.69) is 20.6 Å². The molecule has 1 aliphatic rings. The highest BCUT2D eigenvalue weighted by atomic mass is 32.2. The van der Waals surface area contributed by atoms with Crippen LogP contribution < -0.4 is 10.6 Å². The van der Waals surface area contributed by atoms with E-state index < -0.39 is 11.3 Å². The molecule has 0 aliphatic heterocycles. The number of carbonyl (C=O) groups is 2. The average Bonchev–Trinajstić information content (AvgIpc) is 2.62. The van der Waals surface area contributed by atoms with Gasteiger partial charge in [-0.2, -0.15) is 0 Å². The highest BCUT2D eigenvalue weighted by molar-refractivity contribution is 8.00. The number of carbonyl (C=O) groups excluding carboxylic acids is 2. The van der Waals surface area contributed by atoms with Gasteiger partial charge in [-0.05, 0) is 25.8 Å². The lowest BCUT2D eigenvalue weighted by Gasteiger charge is -2.23. The van der Waals surface area contributed by atoms with Crippen molar-refractivity contribution in [2.45, 2.75) is 55.3 Å². The van der Waals surface area contributed by atoms with E-state index in [0.29, 0.717) is 0 Å². The number of rotatable bonds is 4. The first-order chi connectivity index (χ1) is 12.1. The van der Waals surface area contributed by atoms with E-state index in [1.54, 1.807) is 6.92 Å². The zero-order valence-corrected chi connectivity index (χ0v) is 15.0. The highest BCUT2D eigenvalue weighted by Crippen LogP contribution is 2.27. The lowest BCUT2D eigenvalue weighted by Crippen LogP contribution is -2.47. The largest absolute Gasteiger partial charge is 0.335 e. The van der Waals surface area contributed by atoms with Crippen molar-refractivity contribution in [3.63, 3.8) is 0 Å². The molecule has 0 unspecified atom stereocenters. The first-order valence-electron chi connectivity index (χ1n) is 8.61. The molecule has 1 heterocycles. The van der Waals surface area contributed by atoms with Crippen LogP contribution in [0.1, 0.15) is 39.0 Å². The highest BCUT2D eigenvalue weighted by Gasteiger charge is 2.21. The molecule has 2 aromatic rings. The van der Waals surface area contributed by atoms with Crippen LogP contribution in [0.4, 0.5) is 4.79 Å². The molecule has 7 heteroatoms. The quantitative estimate of drug-likeness (QED) is 0.647. The summed E-state index contributed by atoms with van der Waals surface area (Å²) in [5, 5.41) is 6.54. The van der Waals surface area contributed by atoms with Crippen LogP contribution in [-0.4, -0.2) is 33.2 Å². The van der Waals surface area contributed by atoms with Gasteiger partial charge < -0.3 is 5.32 Å². The Balaban J connectivity index is 1.57. The number of fused-ring (bicyclic) bond motifs is 1. The minimum absolute atomic E-state index is 0.176. The van der Waals surface area contributed by atoms with E-state index in [9.17, 15) is 9.59 Å². The second-order valence-electron chi connectivity index (χ2n) is 6.25. The molecule has 3 amide bonds. The zero-order chi connectivity index (χ0) is 17.6. The van der Waals surface area contributed by atoms with Gasteiger partial charge in [-0.25, -0.2) is 14.8 Å². The number of hydrogen-bond acceptors (Lipinski definition) is 5. The maximum absolute atomic E-state index is 12.3. The molecule has 0 radical (unpaired) electrons. The fourth-order valence-electron chi connectivity index (χ4n) is 2.98. The molecular weight excluding hydrogens is 336 g/mol. The van der Waals surface area contributed by atoms with E-state index in [1.807, 2.05) is 24.3 Å². The summed E-state index contributed by atoms with van der Waals surface area (Å²) in [5.41, 5.74) is 0.836. The SMILES string of the molecule is C[C@H](Sc1ncnc2ccccc12)C(=O)NC(=O)NC1CCCCC1. The molecule has 0 saturated heterocycles. The third kappa shape index (κ3) is 4.69. The number of thioether (sulfide) groups is 1. The standard InChI is InChI=1S/C18H22N4O2S/c1-12(16(23)22-18(24)21-13-7-3-2-4-8-13)25-17-14-9-5-6-10-15(14)19-11-20-17/h5-6,9-13H,2-4,7-8H2,1H3,(H2,21,22,23,24)/t12-/m0/s1. The van der Waals surface area contributed by atoms with Gasteiger partial charge in [0.05, 0.1) is 10.8 Å². The Bertz CT molecular complexity index is 756. The van der Waals surface area contributed by atoms with Crippen molar-refractivity contribution < 1.29 is 9.59 Å². The summed E-state index contributed by atoms with van der Waals surface area (Å²) in [6.45, 7) is 1.77. The van der Waals surface area contributed by atoms with Gasteiger partial charge in [-0.3, -0.25) is 10.1 Å². The van der Waals surface area contributed by atoms with Crippen LogP contribution in [0.25, 0.3) is 10.9 Å². The van der Waals surface area contributed by atoms with Crippen LogP contribution in [0.3, 0.4) is 0 Å². The van der Waals surface area contributed by atoms with Crippen molar-refractivity contribution in [2.24, 2.45) is 0 Å². The summed E-state index contributed by atoms with van der Waals surface area (Å²) in [5.74, 6) is -0.319. The van der Waals surface area contributed by atoms with Crippen LogP contribution in [0.5, 0.6) is 0 Å². The number of nitrogens with zero attached hydrogens (tertiary/aromatic N) is 2. The normalized spacial score (nSPS) is 16.4. The van der Waals surface area contributed by atoms with Crippen molar-refractivity contribution in [3.05, 3.63) is 30.6 Å². The smallest absolute Gasteiger partial charge is 0.321 e. The summed E-state index contributed by atoms with van der Waals surface area (Å²) >= 11 is 1.33. The average molecular weight is 358 g/mol. The monoisotopic (exact) mass is 358 g/mol. The molecule has 1 saturated carbocycles. The summed E-state index contributed by atoms with van der Waals surface area (Å²) in [6, 6.07) is 7.43. The molecule has 2 N–H and O–H groups in total. The first-order valence-corrected chi connectivity index (χ1v) is 9.49. The van der Waals surface area contributed by atoms with E-state index in [1.165, 1.54) is 24.5 Å². The van der Waals surface area contributed by atoms with E-state index >= 15 is 0 Å². The van der Waals surface area contributed by atoms with Gasteiger partial charge in [0.25, 0.3) is 0 Å². The number of para-hydroxylation sites is 1. The fraction of sp³-hybridized carbons (Fsp3) is 0.444. The minimum atomic E-state index is -0.435. The van der Waals surface area contributed by atoms with Gasteiger partial charge in [0.15, 0.2) is 0 Å². The van der Waals surface area contributed by atoms with Crippen molar-refractivity contribution in [3.8, 4) is 0 Å². The van der Waals surface area contributed by atoms with Crippen LogP contribution >= 0.6 is 11.8 Å². The maximum Gasteiger partial charge on any atom is 0.321 e. The Labute approximate surface area is 151 Å². The van der Waals surface area contributed by atoms with Gasteiger partial charge in [-0.15, -0.1) is 0 Å². The summed E-state index contributed by atoms with van der Waals surface area (Å²) in [4.78, 5) is 32.8. The fourth-order valence-corrected chi connectivity index (χ4v) is 3.89. The van der Waals surface area contributed by atoms with Crippen LogP contribution in [-0.2, 0) is 4.79 Å². The van der Waals surface area contributed by atoms with E-state index in [0.717, 1.165) is 41.6 Å². The number of nitrogens with one attached hydrogen (secondary N) is 2. The molecule has 25 heavy (non-hydrogen) atoms. The predicted octanol–water partition coefficient (Wildman–Crippen LogP) is 3.27. The van der Waals surface area contributed by atoms with Crippen molar-refractivity contribution in [2.75, 3.05) is 0 Å². The second-order valence-corrected chi connectivity index (χ2v) is 7.58. The van der Waals surface area contributed by atoms with Gasteiger partial charge in [0, 0.05) is 11.4 Å². The van der Waals surface area contributed by atoms with Gasteiger partial charge in [0.2, 0.25) is 5.91 Å². The molecule has 1 aromatic carbocycles. The Morgan fingerprint density at radius 2 is 1.92 bits per heavy atom. The molecule has 1 aliphatic carbocycles. The summed E-state index contributed by atoms with van der Waals surface area (Å²) < 4.78 is 0. The summed E-state index contributed by atoms with van der Waals surface area (Å²) in [6.07, 6.45) is 6.94. The molecule has 6 nitrogen and oxygen atoms in total. The number of amides is 3. The Morgan fingerprint density at radius 1 is 1.16 bits per heavy atom. The van der Waals surface area contributed by atoms with Crippen molar-refractivity contribution in [1.82, 2.24) is 20.6 Å². The van der Waals surface area contributed by atoms with Crippen molar-refractivity contribution >= 4 is 34.6 Å². The van der Waals surface area contributed by atoms with Gasteiger partial charge >= 0.3 is 6.03 Å². The van der Waals surface area contributed by atoms with E-state index in [-0.39, 0.29) is 11.9 Å². The number of imide groups is 1. The topological polar surface area (TPSA) is 84.0 Å². The number of aromatic nitrogens is 2. The number of hydrogen-bond donors (Lipinski definition) is 2. The van der Waals surface area contributed by atoms with Crippen LogP contribution in [0.2, 0.25) is 0 Å². The van der Waals surface area contributed by atoms with E-state index in [4.69, 9.17) is 0 Å². The number of urea groups is 1. The molecule has 1 atom stereocenters. The van der Waals surface area contributed by atoms with Gasteiger partial charge in [-0.1, -0.05) is 49.2 Å². The maximum atomic E-state index is 12.3. The minimum Gasteiger partial charge on any atom is -0.335 e. The zero-order valence-electron chi connectivity index (χ0n) is 14.2. The summed E-state index contributed by atoms with van der Waals surface area (Å²) in [7, 11) is 0. The van der Waals surface area contributed by atoms with Crippen molar-refractivity contribution in [1.29, 1.82) is 0 Å². The Kier molecular flexibility index (Phi) is 5.86. The third-order valence-electron chi connectivity index (χ3n) is 4.34. The Hall–Kier alpha value is -2.15. The second kappa shape index (κ2) is 8.29. The third-order valence-corrected chi connectivity index (χ3v) is 5.46. The molecule has 1 fully saturated rings. The lowest BCUT2D eigenvalue weighted by atomic mass is 9.96.